The summed E-state index contributed by atoms with van der Waals surface area (Å²) in [6, 6.07) is 2.59. The quantitative estimate of drug-likeness (QED) is 0.796. The van der Waals surface area contributed by atoms with Crippen LogP contribution in [-0.2, 0) is 6.18 Å². The summed E-state index contributed by atoms with van der Waals surface area (Å²) < 4.78 is 44.9. The Hall–Kier alpha value is -0.820. The van der Waals surface area contributed by atoms with Crippen LogP contribution in [0.4, 0.5) is 13.2 Å². The minimum absolute atomic E-state index is 0.0387. The summed E-state index contributed by atoms with van der Waals surface area (Å²) in [4.78, 5) is 3.86. The second-order valence-corrected chi connectivity index (χ2v) is 5.94. The van der Waals surface area contributed by atoms with E-state index in [1.807, 2.05) is 6.92 Å². The summed E-state index contributed by atoms with van der Waals surface area (Å²) in [5.41, 5.74) is -0.795. The third kappa shape index (κ3) is 2.77. The van der Waals surface area contributed by atoms with Crippen LogP contribution in [0.1, 0.15) is 18.9 Å². The molecule has 7 heteroatoms. The molecule has 0 saturated heterocycles. The lowest BCUT2D eigenvalue weighted by Gasteiger charge is -2.10. The Morgan fingerprint density at radius 3 is 2.72 bits per heavy atom. The van der Waals surface area contributed by atoms with E-state index in [4.69, 9.17) is 4.74 Å². The maximum atomic E-state index is 12.9. The van der Waals surface area contributed by atoms with Gasteiger partial charge in [-0.25, -0.2) is 4.98 Å². The summed E-state index contributed by atoms with van der Waals surface area (Å²) >= 11 is 4.26. The average Bonchev–Trinajstić information content (AvgIpc) is 2.63. The number of ether oxygens (including phenoxy) is 1. The van der Waals surface area contributed by atoms with Crippen LogP contribution in [0.25, 0.3) is 10.2 Å². The number of fused-ring (bicyclic) bond motifs is 1. The van der Waals surface area contributed by atoms with E-state index in [9.17, 15) is 13.2 Å². The minimum Gasteiger partial charge on any atom is -0.494 e. The molecule has 1 heterocycles. The van der Waals surface area contributed by atoms with E-state index < -0.39 is 11.7 Å². The molecule has 0 unspecified atom stereocenters. The van der Waals surface area contributed by atoms with Crippen molar-refractivity contribution in [2.24, 2.45) is 0 Å². The molecule has 1 aromatic heterocycles. The Morgan fingerprint density at radius 1 is 1.39 bits per heavy atom. The first-order valence-electron chi connectivity index (χ1n) is 5.22. The summed E-state index contributed by atoms with van der Waals surface area (Å²) in [5, 5.41) is 0. The average molecular weight is 340 g/mol. The zero-order chi connectivity index (χ0) is 13.3. The van der Waals surface area contributed by atoms with E-state index in [-0.39, 0.29) is 11.3 Å². The molecule has 0 bridgehead atoms. The first-order chi connectivity index (χ1) is 8.41. The van der Waals surface area contributed by atoms with Crippen LogP contribution in [0.3, 0.4) is 0 Å². The molecule has 0 spiro atoms. The van der Waals surface area contributed by atoms with E-state index in [0.717, 1.165) is 23.8 Å². The van der Waals surface area contributed by atoms with Crippen LogP contribution in [-0.4, -0.2) is 11.6 Å². The highest BCUT2D eigenvalue weighted by atomic mass is 79.9. The van der Waals surface area contributed by atoms with E-state index in [2.05, 4.69) is 20.9 Å². The van der Waals surface area contributed by atoms with Crippen molar-refractivity contribution in [2.75, 3.05) is 6.61 Å². The number of hydrogen-bond acceptors (Lipinski definition) is 3. The third-order valence-corrected chi connectivity index (χ3v) is 3.67. The third-order valence-electron chi connectivity index (χ3n) is 2.22. The molecule has 2 rings (SSSR count). The van der Waals surface area contributed by atoms with Crippen molar-refractivity contribution in [1.82, 2.24) is 4.98 Å². The molecule has 98 valence electrons. The van der Waals surface area contributed by atoms with Gasteiger partial charge in [-0.3, -0.25) is 0 Å². The molecule has 0 atom stereocenters. The SMILES string of the molecule is CCCOc1cc(C(F)(F)F)c2nc(Br)sc2c1. The molecule has 0 aliphatic rings. The smallest absolute Gasteiger partial charge is 0.418 e. The molecule has 18 heavy (non-hydrogen) atoms. The fourth-order valence-corrected chi connectivity index (χ4v) is 2.94. The second kappa shape index (κ2) is 5.05. The number of hydrogen-bond donors (Lipinski definition) is 0. The largest absolute Gasteiger partial charge is 0.494 e. The van der Waals surface area contributed by atoms with E-state index in [0.29, 0.717) is 15.2 Å². The molecule has 0 aliphatic heterocycles. The van der Waals surface area contributed by atoms with Gasteiger partial charge in [-0.15, -0.1) is 11.3 Å². The summed E-state index contributed by atoms with van der Waals surface area (Å²) in [6.45, 7) is 2.29. The number of benzene rings is 1. The number of nitrogens with zero attached hydrogens (tertiary/aromatic N) is 1. The van der Waals surface area contributed by atoms with Crippen molar-refractivity contribution in [3.63, 3.8) is 0 Å². The first kappa shape index (κ1) is 13.6. The normalized spacial score (nSPS) is 12.1. The minimum atomic E-state index is -4.43. The van der Waals surface area contributed by atoms with Gasteiger partial charge in [0.1, 0.15) is 5.75 Å². The highest BCUT2D eigenvalue weighted by Crippen LogP contribution is 2.40. The van der Waals surface area contributed by atoms with Gasteiger partial charge in [-0.1, -0.05) is 6.92 Å². The lowest BCUT2D eigenvalue weighted by atomic mass is 10.2. The Labute approximate surface area is 114 Å². The maximum Gasteiger partial charge on any atom is 0.418 e. The van der Waals surface area contributed by atoms with Gasteiger partial charge in [0.2, 0.25) is 0 Å². The van der Waals surface area contributed by atoms with Gasteiger partial charge in [-0.2, -0.15) is 13.2 Å². The van der Waals surface area contributed by atoms with Gasteiger partial charge in [0, 0.05) is 0 Å². The van der Waals surface area contributed by atoms with Crippen LogP contribution in [0, 0.1) is 0 Å². The van der Waals surface area contributed by atoms with Crippen LogP contribution in [0.5, 0.6) is 5.75 Å². The predicted molar refractivity (Wildman–Crippen MR) is 68.1 cm³/mol. The molecule has 2 nitrogen and oxygen atoms in total. The fraction of sp³-hybridized carbons (Fsp3) is 0.364. The highest BCUT2D eigenvalue weighted by Gasteiger charge is 2.34. The molecule has 0 radical (unpaired) electrons. The van der Waals surface area contributed by atoms with Crippen LogP contribution in [0.15, 0.2) is 16.0 Å². The standard InChI is InChI=1S/C11H9BrF3NOS/c1-2-3-17-6-4-7(11(13,14)15)9-8(5-6)18-10(12)16-9/h4-5H,2-3H2,1H3. The van der Waals surface area contributed by atoms with Gasteiger partial charge in [-0.05, 0) is 34.5 Å². The lowest BCUT2D eigenvalue weighted by molar-refractivity contribution is -0.136. The summed E-state index contributed by atoms with van der Waals surface area (Å²) in [6.07, 6.45) is -3.69. The maximum absolute atomic E-state index is 12.9. The number of alkyl halides is 3. The monoisotopic (exact) mass is 339 g/mol. The van der Waals surface area contributed by atoms with Crippen molar-refractivity contribution in [2.45, 2.75) is 19.5 Å². The van der Waals surface area contributed by atoms with Gasteiger partial charge in [0.15, 0.2) is 3.92 Å². The number of rotatable bonds is 3. The Bertz CT molecular complexity index is 567. The van der Waals surface area contributed by atoms with Gasteiger partial charge in [0.25, 0.3) is 0 Å². The molecule has 0 amide bonds. The van der Waals surface area contributed by atoms with Gasteiger partial charge >= 0.3 is 6.18 Å². The molecule has 0 aliphatic carbocycles. The molecule has 0 fully saturated rings. The highest BCUT2D eigenvalue weighted by molar-refractivity contribution is 9.11. The van der Waals surface area contributed by atoms with Crippen molar-refractivity contribution in [3.05, 3.63) is 21.6 Å². The molecular formula is C11H9BrF3NOS. The van der Waals surface area contributed by atoms with Crippen LogP contribution in [0.2, 0.25) is 0 Å². The van der Waals surface area contributed by atoms with Crippen molar-refractivity contribution < 1.29 is 17.9 Å². The Kier molecular flexibility index (Phi) is 3.82. The molecular weight excluding hydrogens is 331 g/mol. The lowest BCUT2D eigenvalue weighted by Crippen LogP contribution is -2.07. The number of aromatic nitrogens is 1. The van der Waals surface area contributed by atoms with Crippen LogP contribution >= 0.6 is 27.3 Å². The molecule has 0 saturated carbocycles. The van der Waals surface area contributed by atoms with E-state index in [1.54, 1.807) is 6.07 Å². The van der Waals surface area contributed by atoms with Crippen molar-refractivity contribution in [3.8, 4) is 5.75 Å². The second-order valence-electron chi connectivity index (χ2n) is 3.63. The van der Waals surface area contributed by atoms with Crippen molar-refractivity contribution in [1.29, 1.82) is 0 Å². The zero-order valence-corrected chi connectivity index (χ0v) is 11.7. The van der Waals surface area contributed by atoms with Gasteiger partial charge in [0.05, 0.1) is 22.4 Å². The van der Waals surface area contributed by atoms with E-state index in [1.165, 1.54) is 0 Å². The number of halogens is 4. The number of thiazole rings is 1. The molecule has 2 aromatic rings. The fourth-order valence-electron chi connectivity index (χ4n) is 1.50. The molecule has 0 N–H and O–H groups in total. The van der Waals surface area contributed by atoms with Gasteiger partial charge < -0.3 is 4.74 Å². The summed E-state index contributed by atoms with van der Waals surface area (Å²) in [7, 11) is 0. The topological polar surface area (TPSA) is 22.1 Å². The summed E-state index contributed by atoms with van der Waals surface area (Å²) in [5.74, 6) is 0.229. The van der Waals surface area contributed by atoms with Crippen molar-refractivity contribution >= 4 is 37.5 Å². The zero-order valence-electron chi connectivity index (χ0n) is 9.34. The Morgan fingerprint density at radius 2 is 2.11 bits per heavy atom. The first-order valence-corrected chi connectivity index (χ1v) is 6.83. The Balaban J connectivity index is 2.57. The predicted octanol–water partition coefficient (Wildman–Crippen LogP) is 4.87. The van der Waals surface area contributed by atoms with Crippen LogP contribution < -0.4 is 4.74 Å². The van der Waals surface area contributed by atoms with E-state index >= 15 is 0 Å². The molecule has 1 aromatic carbocycles.